The Morgan fingerprint density at radius 1 is 1.00 bits per heavy atom. The van der Waals surface area contributed by atoms with Gasteiger partial charge in [-0.15, -0.1) is 0 Å². The molecule has 0 saturated carbocycles. The number of carbonyl (C=O) groups excluding carboxylic acids is 1. The van der Waals surface area contributed by atoms with Crippen molar-refractivity contribution in [2.24, 2.45) is 0 Å². The van der Waals surface area contributed by atoms with Gasteiger partial charge in [0.25, 0.3) is 0 Å². The van der Waals surface area contributed by atoms with Gasteiger partial charge >= 0.3 is 6.03 Å². The Morgan fingerprint density at radius 2 is 1.79 bits per heavy atom. The highest BCUT2D eigenvalue weighted by molar-refractivity contribution is 9.10. The van der Waals surface area contributed by atoms with Gasteiger partial charge in [0.1, 0.15) is 18.0 Å². The molecule has 0 unspecified atom stereocenters. The molecular weight excluding hydrogens is 437 g/mol. The number of piperazine rings is 1. The van der Waals surface area contributed by atoms with E-state index in [1.165, 1.54) is 18.5 Å². The van der Waals surface area contributed by atoms with Crippen LogP contribution >= 0.6 is 15.9 Å². The molecule has 1 fully saturated rings. The van der Waals surface area contributed by atoms with Crippen LogP contribution in [0.4, 0.5) is 20.7 Å². The average molecular weight is 456 g/mol. The van der Waals surface area contributed by atoms with E-state index in [2.05, 4.69) is 36.1 Å². The Hall–Kier alpha value is -3.00. The summed E-state index contributed by atoms with van der Waals surface area (Å²) in [6.07, 6.45) is 1.49. The van der Waals surface area contributed by atoms with Crippen LogP contribution < -0.4 is 10.2 Å². The molecule has 1 aliphatic rings. The number of aromatic nitrogens is 2. The second-order valence-corrected chi connectivity index (χ2v) is 7.60. The van der Waals surface area contributed by atoms with Crippen LogP contribution in [0, 0.1) is 5.82 Å². The molecule has 2 amide bonds. The number of nitrogens with zero attached hydrogens (tertiary/aromatic N) is 4. The summed E-state index contributed by atoms with van der Waals surface area (Å²) in [5.41, 5.74) is 2.13. The van der Waals surface area contributed by atoms with Crippen LogP contribution in [0.3, 0.4) is 0 Å². The fourth-order valence-electron chi connectivity index (χ4n) is 3.23. The molecular formula is C21H19BrFN5O. The van der Waals surface area contributed by atoms with E-state index in [0.29, 0.717) is 37.4 Å². The number of urea groups is 1. The second kappa shape index (κ2) is 8.57. The predicted octanol–water partition coefficient (Wildman–Crippen LogP) is 4.40. The fraction of sp³-hybridized carbons (Fsp3) is 0.190. The van der Waals surface area contributed by atoms with Crippen molar-refractivity contribution in [1.82, 2.24) is 14.9 Å². The number of halogens is 2. The monoisotopic (exact) mass is 455 g/mol. The van der Waals surface area contributed by atoms with Crippen LogP contribution in [-0.2, 0) is 0 Å². The van der Waals surface area contributed by atoms with E-state index in [1.807, 2.05) is 36.4 Å². The molecule has 0 spiro atoms. The van der Waals surface area contributed by atoms with Crippen molar-refractivity contribution >= 4 is 33.5 Å². The maximum atomic E-state index is 13.5. The first kappa shape index (κ1) is 19.3. The van der Waals surface area contributed by atoms with E-state index in [1.54, 1.807) is 11.0 Å². The lowest BCUT2D eigenvalue weighted by Gasteiger charge is -2.35. The molecule has 2 aromatic carbocycles. The molecule has 1 aliphatic heterocycles. The van der Waals surface area contributed by atoms with Gasteiger partial charge < -0.3 is 15.1 Å². The lowest BCUT2D eigenvalue weighted by Crippen LogP contribution is -2.50. The summed E-state index contributed by atoms with van der Waals surface area (Å²) in [7, 11) is 0. The summed E-state index contributed by atoms with van der Waals surface area (Å²) in [5.74, 6) is 0.471. The molecule has 0 bridgehead atoms. The molecule has 0 atom stereocenters. The Morgan fingerprint density at radius 3 is 2.55 bits per heavy atom. The summed E-state index contributed by atoms with van der Waals surface area (Å²) < 4.78 is 14.4. The van der Waals surface area contributed by atoms with E-state index >= 15 is 0 Å². The zero-order chi connectivity index (χ0) is 20.2. The van der Waals surface area contributed by atoms with Crippen molar-refractivity contribution in [2.45, 2.75) is 0 Å². The number of rotatable bonds is 3. The smallest absolute Gasteiger partial charge is 0.321 e. The summed E-state index contributed by atoms with van der Waals surface area (Å²) >= 11 is 3.40. The third-order valence-electron chi connectivity index (χ3n) is 4.74. The number of amides is 2. The van der Waals surface area contributed by atoms with E-state index < -0.39 is 0 Å². The number of hydrogen-bond acceptors (Lipinski definition) is 4. The fourth-order valence-corrected chi connectivity index (χ4v) is 3.63. The van der Waals surface area contributed by atoms with E-state index in [0.717, 1.165) is 16.0 Å². The minimum absolute atomic E-state index is 0.120. The van der Waals surface area contributed by atoms with Gasteiger partial charge in [0, 0.05) is 48.0 Å². The number of benzene rings is 2. The standard InChI is InChI=1S/C21H19BrFN5O/c22-16-4-2-6-18(12-16)26-21(29)28-9-7-27(8-10-28)20-13-19(24-14-25-20)15-3-1-5-17(23)11-15/h1-6,11-14H,7-10H2,(H,26,29). The highest BCUT2D eigenvalue weighted by Crippen LogP contribution is 2.22. The van der Waals surface area contributed by atoms with Gasteiger partial charge in [0.15, 0.2) is 0 Å². The van der Waals surface area contributed by atoms with Gasteiger partial charge in [-0.2, -0.15) is 0 Å². The SMILES string of the molecule is O=C(Nc1cccc(Br)c1)N1CCN(c2cc(-c3cccc(F)c3)ncn2)CC1. The molecule has 29 heavy (non-hydrogen) atoms. The molecule has 2 heterocycles. The highest BCUT2D eigenvalue weighted by atomic mass is 79.9. The number of carbonyl (C=O) groups is 1. The topological polar surface area (TPSA) is 61.4 Å². The van der Waals surface area contributed by atoms with Crippen LogP contribution in [0.15, 0.2) is 65.4 Å². The highest BCUT2D eigenvalue weighted by Gasteiger charge is 2.22. The van der Waals surface area contributed by atoms with Gasteiger partial charge in [0.05, 0.1) is 5.69 Å². The summed E-state index contributed by atoms with van der Waals surface area (Å²) in [4.78, 5) is 25.0. The average Bonchev–Trinajstić information content (AvgIpc) is 2.74. The molecule has 3 aromatic rings. The van der Waals surface area contributed by atoms with Crippen molar-refractivity contribution in [3.8, 4) is 11.3 Å². The lowest BCUT2D eigenvalue weighted by molar-refractivity contribution is 0.208. The zero-order valence-corrected chi connectivity index (χ0v) is 17.1. The van der Waals surface area contributed by atoms with Gasteiger partial charge in [-0.1, -0.05) is 34.1 Å². The van der Waals surface area contributed by atoms with Crippen molar-refractivity contribution in [3.63, 3.8) is 0 Å². The van der Waals surface area contributed by atoms with E-state index in [4.69, 9.17) is 0 Å². The van der Waals surface area contributed by atoms with Gasteiger partial charge in [-0.3, -0.25) is 0 Å². The van der Waals surface area contributed by atoms with E-state index in [9.17, 15) is 9.18 Å². The van der Waals surface area contributed by atoms with Crippen LogP contribution in [0.2, 0.25) is 0 Å². The lowest BCUT2D eigenvalue weighted by atomic mass is 10.1. The van der Waals surface area contributed by atoms with Crippen LogP contribution in [-0.4, -0.2) is 47.1 Å². The molecule has 4 rings (SSSR count). The minimum atomic E-state index is -0.298. The number of nitrogens with one attached hydrogen (secondary N) is 1. The molecule has 0 radical (unpaired) electrons. The Kier molecular flexibility index (Phi) is 5.71. The predicted molar refractivity (Wildman–Crippen MR) is 114 cm³/mol. The van der Waals surface area contributed by atoms with Crippen LogP contribution in [0.25, 0.3) is 11.3 Å². The second-order valence-electron chi connectivity index (χ2n) is 6.69. The Labute approximate surface area is 176 Å². The number of hydrogen-bond donors (Lipinski definition) is 1. The zero-order valence-electron chi connectivity index (χ0n) is 15.6. The minimum Gasteiger partial charge on any atom is -0.353 e. The molecule has 1 aromatic heterocycles. The first-order valence-corrected chi connectivity index (χ1v) is 10.0. The van der Waals surface area contributed by atoms with Crippen molar-refractivity contribution in [2.75, 3.05) is 36.4 Å². The summed E-state index contributed by atoms with van der Waals surface area (Å²) in [5, 5.41) is 2.92. The molecule has 0 aliphatic carbocycles. The summed E-state index contributed by atoms with van der Waals surface area (Å²) in [6.45, 7) is 2.48. The summed E-state index contributed by atoms with van der Waals surface area (Å²) in [6, 6.07) is 15.6. The van der Waals surface area contributed by atoms with Crippen molar-refractivity contribution < 1.29 is 9.18 Å². The largest absolute Gasteiger partial charge is 0.353 e. The van der Waals surface area contributed by atoms with Gasteiger partial charge in [-0.25, -0.2) is 19.2 Å². The molecule has 8 heteroatoms. The first-order chi connectivity index (χ1) is 14.1. The van der Waals surface area contributed by atoms with Gasteiger partial charge in [-0.05, 0) is 30.3 Å². The van der Waals surface area contributed by atoms with E-state index in [-0.39, 0.29) is 11.8 Å². The van der Waals surface area contributed by atoms with Crippen LogP contribution in [0.1, 0.15) is 0 Å². The molecule has 6 nitrogen and oxygen atoms in total. The number of anilines is 2. The Bertz CT molecular complexity index is 1020. The molecule has 1 saturated heterocycles. The molecule has 148 valence electrons. The third kappa shape index (κ3) is 4.71. The van der Waals surface area contributed by atoms with Crippen molar-refractivity contribution in [1.29, 1.82) is 0 Å². The Balaban J connectivity index is 1.39. The van der Waals surface area contributed by atoms with Crippen molar-refractivity contribution in [3.05, 3.63) is 71.2 Å². The quantitative estimate of drug-likeness (QED) is 0.635. The third-order valence-corrected chi connectivity index (χ3v) is 5.23. The maximum Gasteiger partial charge on any atom is 0.321 e. The first-order valence-electron chi connectivity index (χ1n) is 9.23. The normalized spacial score (nSPS) is 14.0. The van der Waals surface area contributed by atoms with Crippen LogP contribution in [0.5, 0.6) is 0 Å². The van der Waals surface area contributed by atoms with Gasteiger partial charge in [0.2, 0.25) is 0 Å². The molecule has 1 N–H and O–H groups in total. The maximum absolute atomic E-state index is 13.5.